The number of fused-ring (bicyclic) bond motifs is 1. The van der Waals surface area contributed by atoms with E-state index in [-0.39, 0.29) is 5.91 Å². The van der Waals surface area contributed by atoms with Gasteiger partial charge in [0.2, 0.25) is 5.91 Å². The van der Waals surface area contributed by atoms with E-state index in [1.165, 1.54) is 0 Å². The van der Waals surface area contributed by atoms with Crippen molar-refractivity contribution in [3.63, 3.8) is 0 Å². The normalized spacial score (nSPS) is 10.6. The number of anilines is 1. The van der Waals surface area contributed by atoms with Gasteiger partial charge in [-0.2, -0.15) is 0 Å². The minimum Gasteiger partial charge on any atom is -0.326 e. The van der Waals surface area contributed by atoms with Gasteiger partial charge in [-0.1, -0.05) is 0 Å². The van der Waals surface area contributed by atoms with Crippen molar-refractivity contribution in [2.45, 2.75) is 12.8 Å². The zero-order chi connectivity index (χ0) is 12.1. The number of thiazole rings is 1. The Morgan fingerprint density at radius 3 is 3.18 bits per heavy atom. The summed E-state index contributed by atoms with van der Waals surface area (Å²) in [6, 6.07) is 5.80. The average molecular weight is 249 g/mol. The van der Waals surface area contributed by atoms with Crippen LogP contribution in [0.15, 0.2) is 23.7 Å². The van der Waals surface area contributed by atoms with Gasteiger partial charge in [-0.05, 0) is 38.2 Å². The molecule has 1 heterocycles. The van der Waals surface area contributed by atoms with Gasteiger partial charge in [-0.25, -0.2) is 4.98 Å². The van der Waals surface area contributed by atoms with Crippen LogP contribution in [-0.2, 0) is 4.79 Å². The van der Waals surface area contributed by atoms with Crippen LogP contribution in [0, 0.1) is 0 Å². The standard InChI is InChI=1S/C12H15N3OS/c1-13-6-2-3-12(16)15-9-4-5-11-10(7-9)14-8-17-11/h4-5,7-8,13H,2-3,6H2,1H3,(H,15,16). The van der Waals surface area contributed by atoms with Crippen molar-refractivity contribution in [3.8, 4) is 0 Å². The minimum absolute atomic E-state index is 0.0508. The highest BCUT2D eigenvalue weighted by molar-refractivity contribution is 7.16. The summed E-state index contributed by atoms with van der Waals surface area (Å²) in [5.41, 5.74) is 3.56. The Kier molecular flexibility index (Phi) is 4.06. The van der Waals surface area contributed by atoms with E-state index in [0.29, 0.717) is 6.42 Å². The van der Waals surface area contributed by atoms with Crippen LogP contribution in [0.1, 0.15) is 12.8 Å². The van der Waals surface area contributed by atoms with E-state index in [1.54, 1.807) is 11.3 Å². The summed E-state index contributed by atoms with van der Waals surface area (Å²) in [5.74, 6) is 0.0508. The molecule has 0 saturated heterocycles. The first-order chi connectivity index (χ1) is 8.29. The van der Waals surface area contributed by atoms with Crippen LogP contribution in [-0.4, -0.2) is 24.5 Å². The summed E-state index contributed by atoms with van der Waals surface area (Å²) in [6.07, 6.45) is 1.39. The summed E-state index contributed by atoms with van der Waals surface area (Å²) >= 11 is 1.60. The molecular weight excluding hydrogens is 234 g/mol. The molecule has 2 rings (SSSR count). The van der Waals surface area contributed by atoms with E-state index in [0.717, 1.165) is 28.9 Å². The zero-order valence-corrected chi connectivity index (χ0v) is 10.5. The first-order valence-electron chi connectivity index (χ1n) is 5.57. The molecule has 0 radical (unpaired) electrons. The van der Waals surface area contributed by atoms with Gasteiger partial charge in [-0.3, -0.25) is 4.79 Å². The van der Waals surface area contributed by atoms with E-state index in [4.69, 9.17) is 0 Å². The smallest absolute Gasteiger partial charge is 0.224 e. The Morgan fingerprint density at radius 2 is 2.35 bits per heavy atom. The number of nitrogens with zero attached hydrogens (tertiary/aromatic N) is 1. The Labute approximate surface area is 104 Å². The molecule has 0 spiro atoms. The maximum Gasteiger partial charge on any atom is 0.224 e. The van der Waals surface area contributed by atoms with Crippen molar-refractivity contribution in [1.82, 2.24) is 10.3 Å². The summed E-state index contributed by atoms with van der Waals surface area (Å²) in [5, 5.41) is 5.90. The third kappa shape index (κ3) is 3.25. The highest BCUT2D eigenvalue weighted by Gasteiger charge is 2.03. The quantitative estimate of drug-likeness (QED) is 0.799. The van der Waals surface area contributed by atoms with Crippen LogP contribution >= 0.6 is 11.3 Å². The van der Waals surface area contributed by atoms with Crippen LogP contribution in [0.4, 0.5) is 5.69 Å². The van der Waals surface area contributed by atoms with E-state index < -0.39 is 0 Å². The predicted molar refractivity (Wildman–Crippen MR) is 71.4 cm³/mol. The molecule has 5 heteroatoms. The molecule has 4 nitrogen and oxygen atoms in total. The molecule has 0 atom stereocenters. The molecule has 1 amide bonds. The molecular formula is C12H15N3OS. The number of carbonyl (C=O) groups is 1. The first kappa shape index (κ1) is 12.0. The molecule has 0 unspecified atom stereocenters. The number of hydrogen-bond acceptors (Lipinski definition) is 4. The maximum atomic E-state index is 11.6. The number of carbonyl (C=O) groups excluding carboxylic acids is 1. The molecule has 90 valence electrons. The van der Waals surface area contributed by atoms with Gasteiger partial charge < -0.3 is 10.6 Å². The Hall–Kier alpha value is -1.46. The second-order valence-electron chi connectivity index (χ2n) is 3.79. The van der Waals surface area contributed by atoms with Crippen molar-refractivity contribution in [2.75, 3.05) is 18.9 Å². The maximum absolute atomic E-state index is 11.6. The number of nitrogens with one attached hydrogen (secondary N) is 2. The van der Waals surface area contributed by atoms with Crippen LogP contribution in [0.3, 0.4) is 0 Å². The van der Waals surface area contributed by atoms with Gasteiger partial charge >= 0.3 is 0 Å². The van der Waals surface area contributed by atoms with Crippen LogP contribution in [0.25, 0.3) is 10.2 Å². The van der Waals surface area contributed by atoms with E-state index in [2.05, 4.69) is 15.6 Å². The number of hydrogen-bond donors (Lipinski definition) is 2. The van der Waals surface area contributed by atoms with Crippen LogP contribution < -0.4 is 10.6 Å². The fourth-order valence-corrected chi connectivity index (χ4v) is 2.24. The van der Waals surface area contributed by atoms with E-state index >= 15 is 0 Å². The van der Waals surface area contributed by atoms with Crippen molar-refractivity contribution in [3.05, 3.63) is 23.7 Å². The average Bonchev–Trinajstić information content (AvgIpc) is 2.76. The van der Waals surface area contributed by atoms with Crippen molar-refractivity contribution in [1.29, 1.82) is 0 Å². The molecule has 17 heavy (non-hydrogen) atoms. The summed E-state index contributed by atoms with van der Waals surface area (Å²) in [6.45, 7) is 0.860. The van der Waals surface area contributed by atoms with Gasteiger partial charge in [0, 0.05) is 12.1 Å². The van der Waals surface area contributed by atoms with E-state index in [1.807, 2.05) is 30.8 Å². The predicted octanol–water partition coefficient (Wildman–Crippen LogP) is 2.23. The fraction of sp³-hybridized carbons (Fsp3) is 0.333. The highest BCUT2D eigenvalue weighted by Crippen LogP contribution is 2.21. The van der Waals surface area contributed by atoms with Gasteiger partial charge in [0.1, 0.15) is 0 Å². The number of benzene rings is 1. The molecule has 0 aliphatic heterocycles. The van der Waals surface area contributed by atoms with Gasteiger partial charge in [0.25, 0.3) is 0 Å². The lowest BCUT2D eigenvalue weighted by atomic mass is 10.2. The number of rotatable bonds is 5. The highest BCUT2D eigenvalue weighted by atomic mass is 32.1. The summed E-state index contributed by atoms with van der Waals surface area (Å²) in [7, 11) is 1.88. The summed E-state index contributed by atoms with van der Waals surface area (Å²) in [4.78, 5) is 15.8. The van der Waals surface area contributed by atoms with Crippen molar-refractivity contribution < 1.29 is 4.79 Å². The second kappa shape index (κ2) is 5.75. The molecule has 1 aromatic heterocycles. The Balaban J connectivity index is 1.95. The molecule has 0 bridgehead atoms. The zero-order valence-electron chi connectivity index (χ0n) is 9.69. The van der Waals surface area contributed by atoms with Gasteiger partial charge in [-0.15, -0.1) is 11.3 Å². The third-order valence-electron chi connectivity index (χ3n) is 2.44. The lowest BCUT2D eigenvalue weighted by Crippen LogP contribution is -2.15. The molecule has 0 aliphatic carbocycles. The Morgan fingerprint density at radius 1 is 1.47 bits per heavy atom. The van der Waals surface area contributed by atoms with Crippen LogP contribution in [0.2, 0.25) is 0 Å². The fourth-order valence-electron chi connectivity index (χ4n) is 1.58. The lowest BCUT2D eigenvalue weighted by molar-refractivity contribution is -0.116. The second-order valence-corrected chi connectivity index (χ2v) is 4.68. The summed E-state index contributed by atoms with van der Waals surface area (Å²) < 4.78 is 1.14. The number of aromatic nitrogens is 1. The molecule has 0 fully saturated rings. The molecule has 2 N–H and O–H groups in total. The molecule has 1 aromatic carbocycles. The number of amides is 1. The monoisotopic (exact) mass is 249 g/mol. The van der Waals surface area contributed by atoms with Crippen molar-refractivity contribution in [2.24, 2.45) is 0 Å². The first-order valence-corrected chi connectivity index (χ1v) is 6.45. The van der Waals surface area contributed by atoms with Crippen molar-refractivity contribution >= 4 is 33.1 Å². The lowest BCUT2D eigenvalue weighted by Gasteiger charge is -2.04. The molecule has 0 saturated carbocycles. The topological polar surface area (TPSA) is 54.0 Å². The van der Waals surface area contributed by atoms with Crippen LogP contribution in [0.5, 0.6) is 0 Å². The van der Waals surface area contributed by atoms with Gasteiger partial charge in [0.15, 0.2) is 0 Å². The SMILES string of the molecule is CNCCCC(=O)Nc1ccc2scnc2c1. The third-order valence-corrected chi connectivity index (χ3v) is 3.25. The van der Waals surface area contributed by atoms with Gasteiger partial charge in [0.05, 0.1) is 15.7 Å². The minimum atomic E-state index is 0.0508. The largest absolute Gasteiger partial charge is 0.326 e. The molecule has 2 aromatic rings. The van der Waals surface area contributed by atoms with E-state index in [9.17, 15) is 4.79 Å². The molecule has 0 aliphatic rings. The Bertz CT molecular complexity index is 509.